The molecule has 186 valence electrons. The number of phenols is 1. The molecular weight excluding hydrogens is 564 g/mol. The van der Waals surface area contributed by atoms with Crippen molar-refractivity contribution >= 4 is 61.4 Å². The SMILES string of the molecule is COc1cc(/C=N/NC(=O)CSc2nc3scc(-c4ccc(C(C)C)cc4)c3c(=O)[nH]2)cc(Br)c1O. The first kappa shape index (κ1) is 25.9. The van der Waals surface area contributed by atoms with E-state index in [0.717, 1.165) is 22.9 Å². The number of benzene rings is 2. The van der Waals surface area contributed by atoms with Crippen LogP contribution in [0.4, 0.5) is 0 Å². The fraction of sp³-hybridized carbons (Fsp3) is 0.200. The lowest BCUT2D eigenvalue weighted by Crippen LogP contribution is -2.20. The summed E-state index contributed by atoms with van der Waals surface area (Å²) in [5, 5.41) is 16.6. The van der Waals surface area contributed by atoms with Gasteiger partial charge in [-0.1, -0.05) is 49.9 Å². The van der Waals surface area contributed by atoms with Gasteiger partial charge in [-0.3, -0.25) is 9.59 Å². The number of nitrogens with one attached hydrogen (secondary N) is 2. The molecule has 36 heavy (non-hydrogen) atoms. The quantitative estimate of drug-likeness (QED) is 0.109. The number of carbonyl (C=O) groups excluding carboxylic acids is 1. The highest BCUT2D eigenvalue weighted by molar-refractivity contribution is 9.10. The molecule has 0 atom stereocenters. The van der Waals surface area contributed by atoms with Crippen LogP contribution in [0, 0.1) is 0 Å². The molecule has 4 rings (SSSR count). The number of aromatic nitrogens is 2. The number of aromatic hydroxyl groups is 1. The van der Waals surface area contributed by atoms with E-state index in [1.807, 2.05) is 17.5 Å². The van der Waals surface area contributed by atoms with Gasteiger partial charge < -0.3 is 14.8 Å². The lowest BCUT2D eigenvalue weighted by Gasteiger charge is -2.06. The summed E-state index contributed by atoms with van der Waals surface area (Å²) in [5.74, 6) is 0.353. The molecule has 1 amide bonds. The normalized spacial score (nSPS) is 11.5. The van der Waals surface area contributed by atoms with E-state index < -0.39 is 0 Å². The van der Waals surface area contributed by atoms with E-state index in [4.69, 9.17) is 4.74 Å². The third-order valence-corrected chi connectivity index (χ3v) is 7.67. The molecule has 0 aliphatic rings. The van der Waals surface area contributed by atoms with Gasteiger partial charge in [0.25, 0.3) is 11.5 Å². The summed E-state index contributed by atoms with van der Waals surface area (Å²) >= 11 is 5.75. The number of methoxy groups -OCH3 is 1. The van der Waals surface area contributed by atoms with Crippen LogP contribution >= 0.6 is 39.0 Å². The minimum absolute atomic E-state index is 0.0171. The highest BCUT2D eigenvalue weighted by atomic mass is 79.9. The molecule has 0 aliphatic carbocycles. The fourth-order valence-electron chi connectivity index (χ4n) is 3.43. The maximum absolute atomic E-state index is 12.8. The van der Waals surface area contributed by atoms with E-state index in [0.29, 0.717) is 31.3 Å². The Morgan fingerprint density at radius 1 is 1.33 bits per heavy atom. The van der Waals surface area contributed by atoms with Gasteiger partial charge >= 0.3 is 0 Å². The number of hydrogen-bond acceptors (Lipinski definition) is 8. The number of nitrogens with zero attached hydrogens (tertiary/aromatic N) is 2. The van der Waals surface area contributed by atoms with Gasteiger partial charge in [0.15, 0.2) is 16.7 Å². The summed E-state index contributed by atoms with van der Waals surface area (Å²) in [5.41, 5.74) is 5.87. The topological polar surface area (TPSA) is 117 Å². The van der Waals surface area contributed by atoms with Crippen molar-refractivity contribution in [1.82, 2.24) is 15.4 Å². The van der Waals surface area contributed by atoms with Gasteiger partial charge in [-0.25, -0.2) is 10.4 Å². The van der Waals surface area contributed by atoms with Gasteiger partial charge in [-0.2, -0.15) is 5.10 Å². The Balaban J connectivity index is 1.41. The molecule has 3 N–H and O–H groups in total. The molecular formula is C25H23BrN4O4S2. The molecule has 2 aromatic carbocycles. The third kappa shape index (κ3) is 5.80. The second kappa shape index (κ2) is 11.3. The molecule has 2 heterocycles. The zero-order valence-corrected chi connectivity index (χ0v) is 22.9. The summed E-state index contributed by atoms with van der Waals surface area (Å²) < 4.78 is 5.54. The summed E-state index contributed by atoms with van der Waals surface area (Å²) in [7, 11) is 1.44. The van der Waals surface area contributed by atoms with Gasteiger partial charge in [-0.05, 0) is 50.7 Å². The summed E-state index contributed by atoms with van der Waals surface area (Å²) in [6, 6.07) is 11.4. The van der Waals surface area contributed by atoms with Crippen LogP contribution in [-0.4, -0.2) is 40.1 Å². The van der Waals surface area contributed by atoms with Gasteiger partial charge in [0.2, 0.25) is 0 Å². The Morgan fingerprint density at radius 2 is 2.08 bits per heavy atom. The van der Waals surface area contributed by atoms with Crippen molar-refractivity contribution in [2.24, 2.45) is 5.10 Å². The van der Waals surface area contributed by atoms with Crippen molar-refractivity contribution < 1.29 is 14.6 Å². The molecule has 0 radical (unpaired) electrons. The number of carbonyl (C=O) groups is 1. The van der Waals surface area contributed by atoms with Crippen molar-refractivity contribution in [3.63, 3.8) is 0 Å². The number of ether oxygens (including phenoxy) is 1. The zero-order chi connectivity index (χ0) is 25.8. The van der Waals surface area contributed by atoms with E-state index >= 15 is 0 Å². The standard InChI is InChI=1S/C25H23BrN4O4S2/c1-13(2)15-4-6-16(7-5-15)17-11-35-24-21(17)23(33)28-25(29-24)36-12-20(31)30-27-10-14-8-18(26)22(32)19(9-14)34-3/h4-11,13,32H,12H2,1-3H3,(H,30,31)(H,28,29,33)/b27-10+. The minimum atomic E-state index is -0.360. The van der Waals surface area contributed by atoms with E-state index in [1.165, 1.54) is 30.2 Å². The lowest BCUT2D eigenvalue weighted by molar-refractivity contribution is -0.118. The number of fused-ring (bicyclic) bond motifs is 1. The number of halogens is 1. The van der Waals surface area contributed by atoms with Gasteiger partial charge in [0.1, 0.15) is 4.83 Å². The van der Waals surface area contributed by atoms with Crippen LogP contribution < -0.4 is 15.7 Å². The molecule has 0 fully saturated rings. The van der Waals surface area contributed by atoms with E-state index in [1.54, 1.807) is 12.1 Å². The first-order valence-corrected chi connectivity index (χ1v) is 13.6. The second-order valence-corrected chi connectivity index (χ2v) is 10.8. The Hall–Kier alpha value is -3.15. The largest absolute Gasteiger partial charge is 0.503 e. The lowest BCUT2D eigenvalue weighted by atomic mass is 9.99. The Bertz CT molecular complexity index is 1500. The summed E-state index contributed by atoms with van der Waals surface area (Å²) in [6.07, 6.45) is 1.43. The Morgan fingerprint density at radius 3 is 2.78 bits per heavy atom. The average molecular weight is 588 g/mol. The fourth-order valence-corrected chi connectivity index (χ4v) is 5.54. The highest BCUT2D eigenvalue weighted by Crippen LogP contribution is 2.35. The Kier molecular flexibility index (Phi) is 8.12. The molecule has 0 saturated heterocycles. The van der Waals surface area contributed by atoms with E-state index in [-0.39, 0.29) is 28.7 Å². The molecule has 8 nitrogen and oxygen atoms in total. The second-order valence-electron chi connectivity index (χ2n) is 8.11. The maximum atomic E-state index is 12.8. The molecule has 0 unspecified atom stereocenters. The predicted octanol–water partition coefficient (Wildman–Crippen LogP) is 5.49. The summed E-state index contributed by atoms with van der Waals surface area (Å²) in [4.78, 5) is 33.0. The first-order chi connectivity index (χ1) is 17.3. The van der Waals surface area contributed by atoms with Gasteiger partial charge in [0.05, 0.1) is 28.9 Å². The molecule has 2 aromatic heterocycles. The predicted molar refractivity (Wildman–Crippen MR) is 149 cm³/mol. The van der Waals surface area contributed by atoms with Crippen LogP contribution in [0.2, 0.25) is 0 Å². The van der Waals surface area contributed by atoms with Crippen molar-refractivity contribution in [2.75, 3.05) is 12.9 Å². The monoisotopic (exact) mass is 586 g/mol. The number of amides is 1. The number of aromatic amines is 1. The van der Waals surface area contributed by atoms with Crippen LogP contribution in [0.1, 0.15) is 30.9 Å². The third-order valence-electron chi connectivity index (χ3n) is 5.32. The number of hydrogen-bond donors (Lipinski definition) is 3. The first-order valence-electron chi connectivity index (χ1n) is 10.9. The van der Waals surface area contributed by atoms with Crippen molar-refractivity contribution in [3.8, 4) is 22.6 Å². The van der Waals surface area contributed by atoms with Crippen LogP contribution in [0.3, 0.4) is 0 Å². The number of hydrazone groups is 1. The van der Waals surface area contributed by atoms with Crippen molar-refractivity contribution in [2.45, 2.75) is 24.9 Å². The summed E-state index contributed by atoms with van der Waals surface area (Å²) in [6.45, 7) is 4.28. The van der Waals surface area contributed by atoms with Gasteiger partial charge in [0, 0.05) is 10.9 Å². The molecule has 0 saturated carbocycles. The highest BCUT2D eigenvalue weighted by Gasteiger charge is 2.14. The number of H-pyrrole nitrogens is 1. The molecule has 0 aliphatic heterocycles. The average Bonchev–Trinajstić information content (AvgIpc) is 3.29. The minimum Gasteiger partial charge on any atom is -0.503 e. The smallest absolute Gasteiger partial charge is 0.260 e. The zero-order valence-electron chi connectivity index (χ0n) is 19.7. The number of thioether (sulfide) groups is 1. The van der Waals surface area contributed by atoms with E-state index in [2.05, 4.69) is 62.4 Å². The van der Waals surface area contributed by atoms with Crippen LogP contribution in [0.15, 0.2) is 61.3 Å². The number of phenolic OH excluding ortho intramolecular Hbond substituents is 1. The van der Waals surface area contributed by atoms with Crippen LogP contribution in [0.25, 0.3) is 21.3 Å². The van der Waals surface area contributed by atoms with Crippen molar-refractivity contribution in [3.05, 3.63) is 67.7 Å². The number of rotatable bonds is 8. The Labute approximate surface area is 223 Å². The molecule has 0 bridgehead atoms. The molecule has 0 spiro atoms. The van der Waals surface area contributed by atoms with Crippen LogP contribution in [-0.2, 0) is 4.79 Å². The van der Waals surface area contributed by atoms with Crippen LogP contribution in [0.5, 0.6) is 11.5 Å². The molecule has 11 heteroatoms. The molecule has 4 aromatic rings. The maximum Gasteiger partial charge on any atom is 0.260 e. The van der Waals surface area contributed by atoms with Crippen molar-refractivity contribution in [1.29, 1.82) is 0 Å². The van der Waals surface area contributed by atoms with E-state index in [9.17, 15) is 14.7 Å². The van der Waals surface area contributed by atoms with Gasteiger partial charge in [-0.15, -0.1) is 11.3 Å². The number of thiophene rings is 1.